The Morgan fingerprint density at radius 1 is 1.20 bits per heavy atom. The summed E-state index contributed by atoms with van der Waals surface area (Å²) in [5.74, 6) is 0.622. The van der Waals surface area contributed by atoms with Gasteiger partial charge in [0.2, 0.25) is 0 Å². The Labute approximate surface area is 118 Å². The number of nitrogens with zero attached hydrogens (tertiary/aromatic N) is 1. The second-order valence-electron chi connectivity index (χ2n) is 5.34. The van der Waals surface area contributed by atoms with Crippen molar-refractivity contribution in [2.24, 2.45) is 5.92 Å². The molecule has 0 unspecified atom stereocenters. The van der Waals surface area contributed by atoms with E-state index in [-0.39, 0.29) is 0 Å². The molecular formula is C15H21F3N2. The summed E-state index contributed by atoms with van der Waals surface area (Å²) in [6.45, 7) is 2.40. The van der Waals surface area contributed by atoms with E-state index in [1.165, 1.54) is 12.1 Å². The molecule has 1 N–H and O–H groups in total. The predicted molar refractivity (Wildman–Crippen MR) is 74.9 cm³/mol. The Morgan fingerprint density at radius 2 is 1.85 bits per heavy atom. The van der Waals surface area contributed by atoms with Crippen LogP contribution >= 0.6 is 0 Å². The number of hydrogen-bond donors (Lipinski definition) is 1. The number of halogens is 3. The lowest BCUT2D eigenvalue weighted by Gasteiger charge is -2.35. The molecule has 2 nitrogen and oxygen atoms in total. The summed E-state index contributed by atoms with van der Waals surface area (Å²) >= 11 is 0. The van der Waals surface area contributed by atoms with Gasteiger partial charge in [-0.1, -0.05) is 12.1 Å². The van der Waals surface area contributed by atoms with Crippen LogP contribution in [0.3, 0.4) is 0 Å². The Kier molecular flexibility index (Phi) is 4.91. The first-order valence-corrected chi connectivity index (χ1v) is 7.08. The molecule has 0 atom stereocenters. The van der Waals surface area contributed by atoms with Crippen LogP contribution in [0.2, 0.25) is 0 Å². The number of nitrogens with one attached hydrogen (secondary N) is 1. The average molecular weight is 286 g/mol. The lowest BCUT2D eigenvalue weighted by molar-refractivity contribution is -0.137. The van der Waals surface area contributed by atoms with Gasteiger partial charge in [0.15, 0.2) is 0 Å². The van der Waals surface area contributed by atoms with Gasteiger partial charge in [-0.3, -0.25) is 0 Å². The number of para-hydroxylation sites is 1. The van der Waals surface area contributed by atoms with Crippen molar-refractivity contribution in [3.63, 3.8) is 0 Å². The second-order valence-corrected chi connectivity index (χ2v) is 5.34. The molecule has 2 rings (SSSR count). The first-order valence-electron chi connectivity index (χ1n) is 7.08. The molecule has 0 aliphatic carbocycles. The molecule has 1 fully saturated rings. The minimum atomic E-state index is -4.28. The molecule has 5 heteroatoms. The SMILES string of the molecule is CNCCC1CCN(c2ccccc2C(F)(F)F)CC1. The van der Waals surface area contributed by atoms with Crippen molar-refractivity contribution in [2.75, 3.05) is 31.6 Å². The zero-order valence-electron chi connectivity index (χ0n) is 11.7. The van der Waals surface area contributed by atoms with Crippen LogP contribution in [0.25, 0.3) is 0 Å². The van der Waals surface area contributed by atoms with Crippen molar-refractivity contribution >= 4 is 5.69 Å². The van der Waals surface area contributed by atoms with Crippen molar-refractivity contribution in [3.8, 4) is 0 Å². The maximum atomic E-state index is 13.0. The van der Waals surface area contributed by atoms with Crippen LogP contribution in [0.1, 0.15) is 24.8 Å². The minimum Gasteiger partial charge on any atom is -0.371 e. The predicted octanol–water partition coefficient (Wildman–Crippen LogP) is 3.53. The quantitative estimate of drug-likeness (QED) is 0.911. The zero-order chi connectivity index (χ0) is 14.6. The molecule has 1 aromatic rings. The first-order chi connectivity index (χ1) is 9.52. The highest BCUT2D eigenvalue weighted by Crippen LogP contribution is 2.37. The summed E-state index contributed by atoms with van der Waals surface area (Å²) < 4.78 is 39.0. The largest absolute Gasteiger partial charge is 0.418 e. The smallest absolute Gasteiger partial charge is 0.371 e. The standard InChI is InChI=1S/C15H21F3N2/c1-19-9-6-12-7-10-20(11-8-12)14-5-3-2-4-13(14)15(16,17)18/h2-5,12,19H,6-11H2,1H3. The summed E-state index contributed by atoms with van der Waals surface area (Å²) in [5.41, 5.74) is -0.194. The van der Waals surface area contributed by atoms with Gasteiger partial charge in [-0.15, -0.1) is 0 Å². The molecule has 1 aliphatic rings. The van der Waals surface area contributed by atoms with E-state index < -0.39 is 11.7 Å². The van der Waals surface area contributed by atoms with Gasteiger partial charge < -0.3 is 10.2 Å². The van der Waals surface area contributed by atoms with Gasteiger partial charge in [-0.05, 0) is 50.9 Å². The molecule has 1 aliphatic heterocycles. The zero-order valence-corrected chi connectivity index (χ0v) is 11.7. The number of rotatable bonds is 4. The van der Waals surface area contributed by atoms with Crippen molar-refractivity contribution in [3.05, 3.63) is 29.8 Å². The molecule has 0 aromatic heterocycles. The molecule has 0 radical (unpaired) electrons. The van der Waals surface area contributed by atoms with Crippen LogP contribution < -0.4 is 10.2 Å². The van der Waals surface area contributed by atoms with Crippen LogP contribution in [0.4, 0.5) is 18.9 Å². The Bertz CT molecular complexity index is 423. The van der Waals surface area contributed by atoms with Gasteiger partial charge in [-0.25, -0.2) is 0 Å². The number of anilines is 1. The Hall–Kier alpha value is -1.23. The minimum absolute atomic E-state index is 0.326. The molecule has 112 valence electrons. The number of hydrogen-bond acceptors (Lipinski definition) is 2. The highest BCUT2D eigenvalue weighted by Gasteiger charge is 2.35. The van der Waals surface area contributed by atoms with Crippen molar-refractivity contribution in [1.29, 1.82) is 0 Å². The van der Waals surface area contributed by atoms with Crippen LogP contribution in [-0.2, 0) is 6.18 Å². The third-order valence-corrected chi connectivity index (χ3v) is 3.97. The van der Waals surface area contributed by atoms with E-state index in [0.29, 0.717) is 24.7 Å². The van der Waals surface area contributed by atoms with Crippen LogP contribution in [0.15, 0.2) is 24.3 Å². The van der Waals surface area contributed by atoms with Crippen LogP contribution in [-0.4, -0.2) is 26.7 Å². The maximum absolute atomic E-state index is 13.0. The van der Waals surface area contributed by atoms with Crippen LogP contribution in [0, 0.1) is 5.92 Å². The molecular weight excluding hydrogens is 265 g/mol. The summed E-state index contributed by atoms with van der Waals surface area (Å²) in [4.78, 5) is 1.87. The summed E-state index contributed by atoms with van der Waals surface area (Å²) in [7, 11) is 1.93. The molecule has 0 amide bonds. The number of alkyl halides is 3. The molecule has 0 spiro atoms. The molecule has 1 saturated heterocycles. The Balaban J connectivity index is 2.04. The van der Waals surface area contributed by atoms with Gasteiger partial charge in [0, 0.05) is 18.8 Å². The molecule has 0 saturated carbocycles. The van der Waals surface area contributed by atoms with Gasteiger partial charge in [0.25, 0.3) is 0 Å². The van der Waals surface area contributed by atoms with Crippen molar-refractivity contribution < 1.29 is 13.2 Å². The third kappa shape index (κ3) is 3.66. The van der Waals surface area contributed by atoms with Gasteiger partial charge >= 0.3 is 6.18 Å². The monoisotopic (exact) mass is 286 g/mol. The van der Waals surface area contributed by atoms with E-state index in [1.54, 1.807) is 12.1 Å². The Morgan fingerprint density at radius 3 is 2.45 bits per heavy atom. The van der Waals surface area contributed by atoms with E-state index in [1.807, 2.05) is 11.9 Å². The molecule has 1 aromatic carbocycles. The first kappa shape index (κ1) is 15.2. The summed E-state index contributed by atoms with van der Waals surface area (Å²) in [5, 5.41) is 3.12. The van der Waals surface area contributed by atoms with Crippen LogP contribution in [0.5, 0.6) is 0 Å². The highest BCUT2D eigenvalue weighted by molar-refractivity contribution is 5.55. The van der Waals surface area contributed by atoms with E-state index in [2.05, 4.69) is 5.32 Å². The number of benzene rings is 1. The van der Waals surface area contributed by atoms with Gasteiger partial charge in [0.1, 0.15) is 0 Å². The van der Waals surface area contributed by atoms with Crippen molar-refractivity contribution in [2.45, 2.75) is 25.4 Å². The fourth-order valence-electron chi connectivity index (χ4n) is 2.80. The third-order valence-electron chi connectivity index (χ3n) is 3.97. The highest BCUT2D eigenvalue weighted by atomic mass is 19.4. The van der Waals surface area contributed by atoms with Crippen molar-refractivity contribution in [1.82, 2.24) is 5.32 Å². The van der Waals surface area contributed by atoms with E-state index in [9.17, 15) is 13.2 Å². The van der Waals surface area contributed by atoms with Gasteiger partial charge in [-0.2, -0.15) is 13.2 Å². The molecule has 1 heterocycles. The lowest BCUT2D eigenvalue weighted by Crippen LogP contribution is -2.35. The summed E-state index contributed by atoms with van der Waals surface area (Å²) in [6.07, 6.45) is -1.24. The second kappa shape index (κ2) is 6.48. The average Bonchev–Trinajstić information content (AvgIpc) is 2.45. The summed E-state index contributed by atoms with van der Waals surface area (Å²) in [6, 6.07) is 5.88. The molecule has 20 heavy (non-hydrogen) atoms. The fourth-order valence-corrected chi connectivity index (χ4v) is 2.80. The van der Waals surface area contributed by atoms with E-state index in [4.69, 9.17) is 0 Å². The lowest BCUT2D eigenvalue weighted by atomic mass is 9.93. The van der Waals surface area contributed by atoms with E-state index >= 15 is 0 Å². The van der Waals surface area contributed by atoms with Gasteiger partial charge in [0.05, 0.1) is 5.56 Å². The topological polar surface area (TPSA) is 15.3 Å². The fraction of sp³-hybridized carbons (Fsp3) is 0.600. The number of piperidine rings is 1. The molecule has 0 bridgehead atoms. The normalized spacial score (nSPS) is 17.5. The van der Waals surface area contributed by atoms with E-state index in [0.717, 1.165) is 25.8 Å². The maximum Gasteiger partial charge on any atom is 0.418 e.